The van der Waals surface area contributed by atoms with Crippen molar-refractivity contribution >= 4 is 40.1 Å². The first-order valence-electron chi connectivity index (χ1n) is 9.66. The number of hydrogen-bond acceptors (Lipinski definition) is 6. The Morgan fingerprint density at radius 3 is 2.50 bits per heavy atom. The summed E-state index contributed by atoms with van der Waals surface area (Å²) in [5.41, 5.74) is 7.76. The highest BCUT2D eigenvalue weighted by molar-refractivity contribution is 14.1. The average Bonchev–Trinajstić information content (AvgIpc) is 3.33. The monoisotopic (exact) mass is 544 g/mol. The minimum absolute atomic E-state index is 0.347. The summed E-state index contributed by atoms with van der Waals surface area (Å²) >= 11 is 2.06. The van der Waals surface area contributed by atoms with Crippen molar-refractivity contribution in [2.24, 2.45) is 0 Å². The summed E-state index contributed by atoms with van der Waals surface area (Å²) in [5, 5.41) is 26.4. The standard InChI is InChI=1S/C22H21IN6O3/c1-13-18(9-6-16(12-24)19(13)23)26-20(14(2)30)22(32)28-27-21(31)15-4-7-17(8-5-15)29-11-3-10-25-29/h3-11,14,20,26,30H,1-2H3,(H,27,31)(H,28,32)/t14-,20+/m0/s1. The zero-order valence-corrected chi connectivity index (χ0v) is 19.5. The zero-order valence-electron chi connectivity index (χ0n) is 17.3. The van der Waals surface area contributed by atoms with E-state index in [9.17, 15) is 14.7 Å². The van der Waals surface area contributed by atoms with Gasteiger partial charge < -0.3 is 10.4 Å². The molecule has 3 rings (SSSR count). The Morgan fingerprint density at radius 2 is 1.91 bits per heavy atom. The van der Waals surface area contributed by atoms with Crippen LogP contribution in [0.1, 0.15) is 28.4 Å². The number of aromatic nitrogens is 2. The van der Waals surface area contributed by atoms with Crippen LogP contribution in [0.4, 0.5) is 5.69 Å². The first-order valence-corrected chi connectivity index (χ1v) is 10.7. The molecule has 3 aromatic rings. The fraction of sp³-hybridized carbons (Fsp3) is 0.182. The molecule has 2 atom stereocenters. The number of carbonyl (C=O) groups excluding carboxylic acids is 2. The van der Waals surface area contributed by atoms with Gasteiger partial charge in [0, 0.05) is 27.2 Å². The molecule has 1 heterocycles. The number of rotatable bonds is 6. The van der Waals surface area contributed by atoms with Gasteiger partial charge in [0.25, 0.3) is 11.8 Å². The second kappa shape index (κ2) is 10.3. The van der Waals surface area contributed by atoms with Gasteiger partial charge in [-0.15, -0.1) is 0 Å². The van der Waals surface area contributed by atoms with Crippen LogP contribution in [0.15, 0.2) is 54.9 Å². The number of carbonyl (C=O) groups is 2. The van der Waals surface area contributed by atoms with Crippen LogP contribution in [0.25, 0.3) is 5.69 Å². The molecular weight excluding hydrogens is 523 g/mol. The summed E-state index contributed by atoms with van der Waals surface area (Å²) in [6.07, 6.45) is 2.39. The minimum atomic E-state index is -1.05. The van der Waals surface area contributed by atoms with Crippen LogP contribution in [0.2, 0.25) is 0 Å². The molecule has 0 aliphatic heterocycles. The first-order chi connectivity index (χ1) is 15.3. The van der Waals surface area contributed by atoms with E-state index in [-0.39, 0.29) is 0 Å². The van der Waals surface area contributed by atoms with Gasteiger partial charge in [0.05, 0.1) is 17.4 Å². The van der Waals surface area contributed by atoms with Crippen molar-refractivity contribution in [2.45, 2.75) is 26.0 Å². The van der Waals surface area contributed by atoms with Crippen LogP contribution in [0.3, 0.4) is 0 Å². The van der Waals surface area contributed by atoms with Crippen LogP contribution in [0.5, 0.6) is 0 Å². The highest BCUT2D eigenvalue weighted by Crippen LogP contribution is 2.25. The molecule has 0 spiro atoms. The summed E-state index contributed by atoms with van der Waals surface area (Å²) < 4.78 is 2.42. The normalized spacial score (nSPS) is 12.3. The van der Waals surface area contributed by atoms with Gasteiger partial charge >= 0.3 is 0 Å². The topological polar surface area (TPSA) is 132 Å². The van der Waals surface area contributed by atoms with E-state index in [0.717, 1.165) is 14.8 Å². The van der Waals surface area contributed by atoms with E-state index in [0.29, 0.717) is 16.8 Å². The van der Waals surface area contributed by atoms with Gasteiger partial charge in [-0.05, 0) is 84.5 Å². The lowest BCUT2D eigenvalue weighted by Gasteiger charge is -2.23. The zero-order chi connectivity index (χ0) is 23.3. The van der Waals surface area contributed by atoms with Crippen LogP contribution >= 0.6 is 22.6 Å². The number of anilines is 1. The van der Waals surface area contributed by atoms with E-state index in [2.05, 4.69) is 49.9 Å². The molecule has 32 heavy (non-hydrogen) atoms. The predicted octanol–water partition coefficient (Wildman–Crippen LogP) is 2.28. The lowest BCUT2D eigenvalue weighted by Crippen LogP contribution is -2.52. The Kier molecular flexibility index (Phi) is 7.45. The number of aliphatic hydroxyl groups is 1. The Balaban J connectivity index is 1.64. The second-order valence-electron chi connectivity index (χ2n) is 7.01. The SMILES string of the molecule is Cc1c(N[C@@H](C(=O)NNC(=O)c2ccc(-n3cccn3)cc2)[C@H](C)O)ccc(C#N)c1I. The van der Waals surface area contributed by atoms with Crippen molar-refractivity contribution in [3.8, 4) is 11.8 Å². The van der Waals surface area contributed by atoms with Crippen LogP contribution in [-0.2, 0) is 4.79 Å². The minimum Gasteiger partial charge on any atom is -0.391 e. The molecule has 0 saturated carbocycles. The fourth-order valence-corrected chi connectivity index (χ4v) is 3.55. The van der Waals surface area contributed by atoms with Crippen molar-refractivity contribution in [1.82, 2.24) is 20.6 Å². The summed E-state index contributed by atoms with van der Waals surface area (Å²) in [6.45, 7) is 3.29. The summed E-state index contributed by atoms with van der Waals surface area (Å²) in [4.78, 5) is 25.0. The van der Waals surface area contributed by atoms with E-state index in [1.54, 1.807) is 59.5 Å². The molecule has 0 aliphatic carbocycles. The Hall–Kier alpha value is -3.43. The molecule has 1 aromatic heterocycles. The lowest BCUT2D eigenvalue weighted by molar-refractivity contribution is -0.124. The lowest BCUT2D eigenvalue weighted by atomic mass is 10.1. The van der Waals surface area contributed by atoms with Crippen molar-refractivity contribution in [1.29, 1.82) is 5.26 Å². The third-order valence-electron chi connectivity index (χ3n) is 4.78. The van der Waals surface area contributed by atoms with Crippen LogP contribution < -0.4 is 16.2 Å². The summed E-state index contributed by atoms with van der Waals surface area (Å²) in [7, 11) is 0. The molecule has 9 nitrogen and oxygen atoms in total. The maximum atomic E-state index is 12.6. The smallest absolute Gasteiger partial charge is 0.269 e. The van der Waals surface area contributed by atoms with Crippen LogP contribution in [-0.4, -0.2) is 38.8 Å². The Bertz CT molecular complexity index is 1150. The van der Waals surface area contributed by atoms with Gasteiger partial charge in [0.15, 0.2) is 0 Å². The third-order valence-corrected chi connectivity index (χ3v) is 6.17. The van der Waals surface area contributed by atoms with Crippen molar-refractivity contribution < 1.29 is 14.7 Å². The highest BCUT2D eigenvalue weighted by atomic mass is 127. The number of halogens is 1. The van der Waals surface area contributed by atoms with Crippen molar-refractivity contribution in [2.75, 3.05) is 5.32 Å². The van der Waals surface area contributed by atoms with Crippen molar-refractivity contribution in [3.63, 3.8) is 0 Å². The van der Waals surface area contributed by atoms with Gasteiger partial charge in [-0.3, -0.25) is 20.4 Å². The Labute approximate surface area is 198 Å². The summed E-state index contributed by atoms with van der Waals surface area (Å²) in [5.74, 6) is -1.11. The number of aliphatic hydroxyl groups excluding tert-OH is 1. The van der Waals surface area contributed by atoms with E-state index in [1.165, 1.54) is 6.92 Å². The number of benzene rings is 2. The van der Waals surface area contributed by atoms with Crippen molar-refractivity contribution in [3.05, 3.63) is 75.1 Å². The third kappa shape index (κ3) is 5.24. The van der Waals surface area contributed by atoms with E-state index in [4.69, 9.17) is 5.26 Å². The molecule has 0 saturated heterocycles. The maximum Gasteiger partial charge on any atom is 0.269 e. The van der Waals surface area contributed by atoms with E-state index >= 15 is 0 Å². The molecule has 0 aliphatic rings. The molecule has 10 heteroatoms. The molecule has 2 amide bonds. The van der Waals surface area contributed by atoms with Gasteiger partial charge in [-0.2, -0.15) is 10.4 Å². The predicted molar refractivity (Wildman–Crippen MR) is 127 cm³/mol. The summed E-state index contributed by atoms with van der Waals surface area (Å²) in [6, 6.07) is 12.9. The number of hydrogen-bond donors (Lipinski definition) is 4. The number of nitrogens with zero attached hydrogens (tertiary/aromatic N) is 3. The molecular formula is C22H21IN6O3. The molecule has 0 bridgehead atoms. The number of amides is 2. The van der Waals surface area contributed by atoms with Gasteiger partial charge in [0.1, 0.15) is 12.1 Å². The quantitative estimate of drug-likeness (QED) is 0.278. The molecule has 0 fully saturated rings. The average molecular weight is 544 g/mol. The van der Waals surface area contributed by atoms with Gasteiger partial charge in [-0.25, -0.2) is 4.68 Å². The molecule has 2 aromatic carbocycles. The first kappa shape index (κ1) is 23.2. The van der Waals surface area contributed by atoms with E-state index < -0.39 is 24.0 Å². The number of hydrazine groups is 1. The number of nitrogens with one attached hydrogen (secondary N) is 3. The fourth-order valence-electron chi connectivity index (χ4n) is 2.96. The maximum absolute atomic E-state index is 12.6. The van der Waals surface area contributed by atoms with E-state index in [1.807, 2.05) is 6.92 Å². The molecule has 0 unspecified atom stereocenters. The highest BCUT2D eigenvalue weighted by Gasteiger charge is 2.25. The number of nitriles is 1. The molecule has 164 valence electrons. The Morgan fingerprint density at radius 1 is 1.19 bits per heavy atom. The second-order valence-corrected chi connectivity index (χ2v) is 8.09. The largest absolute Gasteiger partial charge is 0.391 e. The van der Waals surface area contributed by atoms with Gasteiger partial charge in [-0.1, -0.05) is 0 Å². The van der Waals surface area contributed by atoms with Gasteiger partial charge in [0.2, 0.25) is 0 Å². The molecule has 4 N–H and O–H groups in total. The molecule has 0 radical (unpaired) electrons. The van der Waals surface area contributed by atoms with Crippen LogP contribution in [0, 0.1) is 21.8 Å².